The Labute approximate surface area is 171 Å². The topological polar surface area (TPSA) is 76.1 Å². The number of nitrogens with zero attached hydrogens (tertiary/aromatic N) is 2. The highest BCUT2D eigenvalue weighted by molar-refractivity contribution is 5.93. The van der Waals surface area contributed by atoms with Crippen molar-refractivity contribution in [3.05, 3.63) is 77.2 Å². The number of rotatable bonds is 7. The summed E-state index contributed by atoms with van der Waals surface area (Å²) in [5.41, 5.74) is 3.40. The van der Waals surface area contributed by atoms with Gasteiger partial charge >= 0.3 is 0 Å². The lowest BCUT2D eigenvalue weighted by Crippen LogP contribution is -2.24. The van der Waals surface area contributed by atoms with Gasteiger partial charge in [-0.2, -0.15) is 0 Å². The second-order valence-corrected chi connectivity index (χ2v) is 7.17. The summed E-state index contributed by atoms with van der Waals surface area (Å²) in [6.45, 7) is 8.22. The number of anilines is 2. The van der Waals surface area contributed by atoms with Crippen LogP contribution >= 0.6 is 0 Å². The van der Waals surface area contributed by atoms with Crippen molar-refractivity contribution in [3.63, 3.8) is 0 Å². The fourth-order valence-electron chi connectivity index (χ4n) is 2.76. The summed E-state index contributed by atoms with van der Waals surface area (Å²) in [7, 11) is 0. The predicted molar refractivity (Wildman–Crippen MR) is 115 cm³/mol. The molecule has 0 unspecified atom stereocenters. The first-order chi connectivity index (χ1) is 13.9. The molecule has 6 nitrogen and oxygen atoms in total. The zero-order valence-electron chi connectivity index (χ0n) is 17.2. The number of carbonyl (C=O) groups is 1. The third-order valence-corrected chi connectivity index (χ3v) is 4.14. The van der Waals surface area contributed by atoms with Crippen molar-refractivity contribution in [1.29, 1.82) is 0 Å². The summed E-state index contributed by atoms with van der Waals surface area (Å²) in [5.74, 6) is 1.66. The van der Waals surface area contributed by atoms with E-state index >= 15 is 0 Å². The molecule has 3 rings (SSSR count). The summed E-state index contributed by atoms with van der Waals surface area (Å²) in [6, 6.07) is 17.3. The first-order valence-corrected chi connectivity index (χ1v) is 9.62. The van der Waals surface area contributed by atoms with Gasteiger partial charge in [-0.3, -0.25) is 4.79 Å². The molecule has 2 aromatic carbocycles. The predicted octanol–water partition coefficient (Wildman–Crippen LogP) is 4.55. The molecule has 1 amide bonds. The van der Waals surface area contributed by atoms with E-state index in [0.29, 0.717) is 23.9 Å². The van der Waals surface area contributed by atoms with Gasteiger partial charge in [0.2, 0.25) is 0 Å². The maximum absolute atomic E-state index is 12.5. The molecule has 0 aliphatic rings. The Hall–Kier alpha value is -3.41. The van der Waals surface area contributed by atoms with E-state index < -0.39 is 0 Å². The van der Waals surface area contributed by atoms with Crippen LogP contribution in [0.1, 0.15) is 41.3 Å². The number of ether oxygens (including phenoxy) is 1. The molecule has 0 fully saturated rings. The van der Waals surface area contributed by atoms with Crippen LogP contribution in [-0.4, -0.2) is 22.0 Å². The molecular weight excluding hydrogens is 364 g/mol. The van der Waals surface area contributed by atoms with Gasteiger partial charge in [0.15, 0.2) is 0 Å². The average molecular weight is 390 g/mol. The van der Waals surface area contributed by atoms with Crippen LogP contribution in [0.2, 0.25) is 0 Å². The zero-order valence-corrected chi connectivity index (χ0v) is 17.2. The first kappa shape index (κ1) is 20.3. The van der Waals surface area contributed by atoms with Gasteiger partial charge in [0, 0.05) is 18.3 Å². The Morgan fingerprint density at radius 1 is 1.00 bits per heavy atom. The highest BCUT2D eigenvalue weighted by Crippen LogP contribution is 2.20. The number of aryl methyl sites for hydroxylation is 2. The molecule has 0 saturated heterocycles. The minimum absolute atomic E-state index is 0.124. The third-order valence-electron chi connectivity index (χ3n) is 4.14. The van der Waals surface area contributed by atoms with Crippen LogP contribution in [-0.2, 0) is 6.54 Å². The molecule has 6 heteroatoms. The Balaban J connectivity index is 1.67. The summed E-state index contributed by atoms with van der Waals surface area (Å²) in [4.78, 5) is 21.2. The maximum Gasteiger partial charge on any atom is 0.270 e. The van der Waals surface area contributed by atoms with E-state index in [4.69, 9.17) is 4.74 Å². The average Bonchev–Trinajstić information content (AvgIpc) is 2.68. The monoisotopic (exact) mass is 390 g/mol. The number of amides is 1. The second kappa shape index (κ2) is 9.19. The normalized spacial score (nSPS) is 10.7. The largest absolute Gasteiger partial charge is 0.491 e. The van der Waals surface area contributed by atoms with Gasteiger partial charge in [0.25, 0.3) is 5.91 Å². The van der Waals surface area contributed by atoms with Crippen LogP contribution in [0.15, 0.2) is 54.6 Å². The highest BCUT2D eigenvalue weighted by atomic mass is 16.5. The molecule has 3 aromatic rings. The summed E-state index contributed by atoms with van der Waals surface area (Å²) >= 11 is 0. The lowest BCUT2D eigenvalue weighted by Gasteiger charge is -2.12. The van der Waals surface area contributed by atoms with E-state index in [1.807, 2.05) is 69.3 Å². The van der Waals surface area contributed by atoms with E-state index in [1.54, 1.807) is 13.0 Å². The minimum Gasteiger partial charge on any atom is -0.491 e. The van der Waals surface area contributed by atoms with Crippen molar-refractivity contribution >= 4 is 17.4 Å². The number of nitrogens with one attached hydrogen (secondary N) is 2. The van der Waals surface area contributed by atoms with E-state index in [0.717, 1.165) is 17.0 Å². The highest BCUT2D eigenvalue weighted by Gasteiger charge is 2.11. The third kappa shape index (κ3) is 6.04. The van der Waals surface area contributed by atoms with Gasteiger partial charge < -0.3 is 15.4 Å². The van der Waals surface area contributed by atoms with Gasteiger partial charge in [-0.15, -0.1) is 0 Å². The van der Waals surface area contributed by atoms with E-state index in [2.05, 4.69) is 20.6 Å². The Morgan fingerprint density at radius 3 is 2.34 bits per heavy atom. The zero-order chi connectivity index (χ0) is 20.8. The SMILES string of the molecule is Cc1ccc(CNC(=O)c2cc(Nc3ccc(OC(C)C)cc3)nc(C)n2)cc1. The van der Waals surface area contributed by atoms with Crippen LogP contribution in [0, 0.1) is 13.8 Å². The smallest absolute Gasteiger partial charge is 0.270 e. The molecule has 0 aliphatic heterocycles. The molecule has 0 atom stereocenters. The van der Waals surface area contributed by atoms with Gasteiger partial charge in [-0.1, -0.05) is 29.8 Å². The van der Waals surface area contributed by atoms with E-state index in [1.165, 1.54) is 5.56 Å². The first-order valence-electron chi connectivity index (χ1n) is 9.62. The number of aromatic nitrogens is 2. The van der Waals surface area contributed by atoms with Crippen LogP contribution < -0.4 is 15.4 Å². The lowest BCUT2D eigenvalue weighted by atomic mass is 10.1. The van der Waals surface area contributed by atoms with Crippen LogP contribution in [0.4, 0.5) is 11.5 Å². The molecule has 1 aromatic heterocycles. The number of hydrogen-bond donors (Lipinski definition) is 2. The Bertz CT molecular complexity index is 967. The molecule has 0 spiro atoms. The van der Waals surface area contributed by atoms with Crippen LogP contribution in [0.3, 0.4) is 0 Å². The summed E-state index contributed by atoms with van der Waals surface area (Å²) < 4.78 is 5.65. The minimum atomic E-state index is -0.236. The number of benzene rings is 2. The van der Waals surface area contributed by atoms with E-state index in [-0.39, 0.29) is 12.0 Å². The quantitative estimate of drug-likeness (QED) is 0.619. The Kier molecular flexibility index (Phi) is 6.44. The maximum atomic E-state index is 12.5. The fourth-order valence-corrected chi connectivity index (χ4v) is 2.76. The van der Waals surface area contributed by atoms with Crippen molar-refractivity contribution in [2.45, 2.75) is 40.3 Å². The molecule has 0 bridgehead atoms. The van der Waals surface area contributed by atoms with Crippen molar-refractivity contribution in [3.8, 4) is 5.75 Å². The van der Waals surface area contributed by atoms with Crippen molar-refractivity contribution in [1.82, 2.24) is 15.3 Å². The summed E-state index contributed by atoms with van der Waals surface area (Å²) in [6.07, 6.45) is 0.124. The molecule has 2 N–H and O–H groups in total. The van der Waals surface area contributed by atoms with Crippen molar-refractivity contribution < 1.29 is 9.53 Å². The van der Waals surface area contributed by atoms with Gasteiger partial charge in [0.05, 0.1) is 6.10 Å². The van der Waals surface area contributed by atoms with Crippen molar-refractivity contribution in [2.24, 2.45) is 0 Å². The summed E-state index contributed by atoms with van der Waals surface area (Å²) in [5, 5.41) is 6.12. The van der Waals surface area contributed by atoms with Crippen molar-refractivity contribution in [2.75, 3.05) is 5.32 Å². The molecule has 1 heterocycles. The molecule has 0 saturated carbocycles. The second-order valence-electron chi connectivity index (χ2n) is 7.17. The fraction of sp³-hybridized carbons (Fsp3) is 0.261. The standard InChI is InChI=1S/C23H26N4O2/c1-15(2)29-20-11-9-19(10-12-20)27-22-13-21(25-17(4)26-22)23(28)24-14-18-7-5-16(3)6-8-18/h5-13,15H,14H2,1-4H3,(H,24,28)(H,25,26,27). The molecular formula is C23H26N4O2. The molecule has 0 aliphatic carbocycles. The number of hydrogen-bond acceptors (Lipinski definition) is 5. The van der Waals surface area contributed by atoms with E-state index in [9.17, 15) is 4.79 Å². The van der Waals surface area contributed by atoms with Crippen LogP contribution in [0.5, 0.6) is 5.75 Å². The molecule has 0 radical (unpaired) electrons. The molecule has 150 valence electrons. The number of carbonyl (C=O) groups excluding carboxylic acids is 1. The molecule has 29 heavy (non-hydrogen) atoms. The van der Waals surface area contributed by atoms with Crippen LogP contribution in [0.25, 0.3) is 0 Å². The van der Waals surface area contributed by atoms with Gasteiger partial charge in [-0.05, 0) is 57.5 Å². The van der Waals surface area contributed by atoms with Gasteiger partial charge in [0.1, 0.15) is 23.1 Å². The Morgan fingerprint density at radius 2 is 1.69 bits per heavy atom. The lowest BCUT2D eigenvalue weighted by molar-refractivity contribution is 0.0945. The van der Waals surface area contributed by atoms with Gasteiger partial charge in [-0.25, -0.2) is 9.97 Å².